The van der Waals surface area contributed by atoms with E-state index in [1.807, 2.05) is 18.2 Å². The van der Waals surface area contributed by atoms with Crippen molar-refractivity contribution in [2.24, 2.45) is 0 Å². The number of nitrogens with zero attached hydrogens (tertiary/aromatic N) is 4. The molecule has 2 N–H and O–H groups in total. The third kappa shape index (κ3) is 2.24. The number of anilines is 1. The van der Waals surface area contributed by atoms with Crippen LogP contribution in [0, 0.1) is 0 Å². The Balaban J connectivity index is 1.82. The van der Waals surface area contributed by atoms with Gasteiger partial charge in [0, 0.05) is 0 Å². The number of fused-ring (bicyclic) bond motifs is 1. The third-order valence-corrected chi connectivity index (χ3v) is 3.51. The van der Waals surface area contributed by atoms with Crippen molar-refractivity contribution >= 4 is 21.4 Å². The van der Waals surface area contributed by atoms with E-state index in [0.717, 1.165) is 12.2 Å². The number of benzene rings is 1. The average Bonchev–Trinajstić information content (AvgIpc) is 2.96. The van der Waals surface area contributed by atoms with Gasteiger partial charge in [0.2, 0.25) is 10.1 Å². The second-order valence-corrected chi connectivity index (χ2v) is 4.99. The zero-order chi connectivity index (χ0) is 13.2. The highest BCUT2D eigenvalue weighted by atomic mass is 32.1. The minimum atomic E-state index is 0.321. The monoisotopic (exact) mass is 275 g/mol. The second-order valence-electron chi connectivity index (χ2n) is 4.00. The predicted octanol–water partition coefficient (Wildman–Crippen LogP) is 1.91. The summed E-state index contributed by atoms with van der Waals surface area (Å²) >= 11 is 1.30. The van der Waals surface area contributed by atoms with Crippen LogP contribution in [0.1, 0.15) is 18.3 Å². The molecule has 0 aliphatic heterocycles. The van der Waals surface area contributed by atoms with Crippen LogP contribution in [0.4, 0.5) is 5.13 Å². The van der Waals surface area contributed by atoms with Gasteiger partial charge in [0.05, 0.1) is 0 Å². The fourth-order valence-electron chi connectivity index (χ4n) is 1.84. The standard InChI is InChI=1S/C12H13N5OS/c1-2-8-5-3-4-6-9(8)18-7-10-14-15-12-17(10)16-11(13)19-12/h3-6H,2,7H2,1H3,(H2,13,16). The molecule has 0 fully saturated rings. The maximum atomic E-state index is 5.79. The Labute approximate surface area is 113 Å². The molecular weight excluding hydrogens is 262 g/mol. The summed E-state index contributed by atoms with van der Waals surface area (Å²) in [6.07, 6.45) is 0.926. The van der Waals surface area contributed by atoms with E-state index in [2.05, 4.69) is 28.3 Å². The van der Waals surface area contributed by atoms with Gasteiger partial charge in [0.15, 0.2) is 5.82 Å². The molecule has 3 aromatic rings. The maximum absolute atomic E-state index is 5.79. The Bertz CT molecular complexity index is 705. The molecule has 7 heteroatoms. The van der Waals surface area contributed by atoms with E-state index in [9.17, 15) is 0 Å². The van der Waals surface area contributed by atoms with Crippen molar-refractivity contribution in [2.75, 3.05) is 5.73 Å². The molecule has 0 atom stereocenters. The summed E-state index contributed by atoms with van der Waals surface area (Å²) in [5.74, 6) is 1.51. The average molecular weight is 275 g/mol. The number of hydrogen-bond donors (Lipinski definition) is 1. The van der Waals surface area contributed by atoms with Crippen LogP contribution in [0.15, 0.2) is 24.3 Å². The molecule has 98 valence electrons. The molecule has 2 heterocycles. The van der Waals surface area contributed by atoms with E-state index in [4.69, 9.17) is 10.5 Å². The molecule has 19 heavy (non-hydrogen) atoms. The molecule has 3 rings (SSSR count). The lowest BCUT2D eigenvalue weighted by Gasteiger charge is -2.08. The van der Waals surface area contributed by atoms with Crippen LogP contribution in [0.25, 0.3) is 4.96 Å². The Morgan fingerprint density at radius 3 is 3.00 bits per heavy atom. The van der Waals surface area contributed by atoms with E-state index in [1.54, 1.807) is 4.52 Å². The van der Waals surface area contributed by atoms with Crippen LogP contribution in [-0.4, -0.2) is 19.8 Å². The highest BCUT2D eigenvalue weighted by Gasteiger charge is 2.11. The number of para-hydroxylation sites is 1. The molecule has 0 saturated heterocycles. The Morgan fingerprint density at radius 2 is 2.16 bits per heavy atom. The first-order chi connectivity index (χ1) is 9.28. The number of rotatable bonds is 4. The first-order valence-corrected chi connectivity index (χ1v) is 6.77. The van der Waals surface area contributed by atoms with Gasteiger partial charge in [-0.15, -0.1) is 15.3 Å². The van der Waals surface area contributed by atoms with Crippen molar-refractivity contribution in [3.63, 3.8) is 0 Å². The number of nitrogen functional groups attached to an aromatic ring is 1. The van der Waals surface area contributed by atoms with Crippen LogP contribution in [0.2, 0.25) is 0 Å². The van der Waals surface area contributed by atoms with Gasteiger partial charge in [-0.25, -0.2) is 0 Å². The van der Waals surface area contributed by atoms with Crippen molar-refractivity contribution in [3.05, 3.63) is 35.7 Å². The van der Waals surface area contributed by atoms with Crippen molar-refractivity contribution in [3.8, 4) is 5.75 Å². The fraction of sp³-hybridized carbons (Fsp3) is 0.250. The van der Waals surface area contributed by atoms with Crippen LogP contribution in [0.3, 0.4) is 0 Å². The molecule has 2 aromatic heterocycles. The summed E-state index contributed by atoms with van der Waals surface area (Å²) in [5.41, 5.74) is 6.80. The van der Waals surface area contributed by atoms with Crippen LogP contribution >= 0.6 is 11.3 Å². The van der Waals surface area contributed by atoms with Gasteiger partial charge in [0.1, 0.15) is 12.4 Å². The molecular formula is C12H13N5OS. The van der Waals surface area contributed by atoms with Gasteiger partial charge in [-0.2, -0.15) is 4.52 Å². The number of aryl methyl sites for hydroxylation is 1. The van der Waals surface area contributed by atoms with Gasteiger partial charge in [-0.05, 0) is 18.1 Å². The minimum Gasteiger partial charge on any atom is -0.485 e. The highest BCUT2D eigenvalue weighted by molar-refractivity contribution is 7.20. The highest BCUT2D eigenvalue weighted by Crippen LogP contribution is 2.20. The second kappa shape index (κ2) is 4.85. The van der Waals surface area contributed by atoms with Crippen molar-refractivity contribution in [1.82, 2.24) is 19.8 Å². The summed E-state index contributed by atoms with van der Waals surface area (Å²) in [7, 11) is 0. The molecule has 6 nitrogen and oxygen atoms in total. The van der Waals surface area contributed by atoms with Crippen molar-refractivity contribution in [1.29, 1.82) is 0 Å². The Kier molecular flexibility index (Phi) is 3.04. The lowest BCUT2D eigenvalue weighted by molar-refractivity contribution is 0.290. The lowest BCUT2D eigenvalue weighted by atomic mass is 10.1. The third-order valence-electron chi connectivity index (χ3n) is 2.78. The maximum Gasteiger partial charge on any atom is 0.236 e. The van der Waals surface area contributed by atoms with Gasteiger partial charge in [-0.3, -0.25) is 0 Å². The molecule has 1 aromatic carbocycles. The van der Waals surface area contributed by atoms with Crippen molar-refractivity contribution < 1.29 is 4.74 Å². The summed E-state index contributed by atoms with van der Waals surface area (Å²) in [5, 5.41) is 12.7. The molecule has 0 saturated carbocycles. The van der Waals surface area contributed by atoms with Crippen LogP contribution in [-0.2, 0) is 13.0 Å². The quantitative estimate of drug-likeness (QED) is 0.787. The number of ether oxygens (including phenoxy) is 1. The van der Waals surface area contributed by atoms with E-state index in [1.165, 1.54) is 16.9 Å². The van der Waals surface area contributed by atoms with Crippen molar-refractivity contribution in [2.45, 2.75) is 20.0 Å². The molecule has 0 amide bonds. The summed E-state index contributed by atoms with van der Waals surface area (Å²) in [6.45, 7) is 2.42. The smallest absolute Gasteiger partial charge is 0.236 e. The largest absolute Gasteiger partial charge is 0.485 e. The molecule has 0 aliphatic rings. The topological polar surface area (TPSA) is 78.3 Å². The molecule has 0 unspecified atom stereocenters. The zero-order valence-electron chi connectivity index (χ0n) is 10.4. The van der Waals surface area contributed by atoms with Gasteiger partial charge < -0.3 is 10.5 Å². The van der Waals surface area contributed by atoms with Crippen LogP contribution in [0.5, 0.6) is 5.75 Å². The number of hydrogen-bond acceptors (Lipinski definition) is 6. The van der Waals surface area contributed by atoms with Gasteiger partial charge in [-0.1, -0.05) is 36.5 Å². The van der Waals surface area contributed by atoms with E-state index >= 15 is 0 Å². The van der Waals surface area contributed by atoms with E-state index in [-0.39, 0.29) is 0 Å². The molecule has 0 bridgehead atoms. The van der Waals surface area contributed by atoms with Gasteiger partial charge >= 0.3 is 0 Å². The Morgan fingerprint density at radius 1 is 1.32 bits per heavy atom. The normalized spacial score (nSPS) is 11.0. The summed E-state index contributed by atoms with van der Waals surface area (Å²) in [6, 6.07) is 7.96. The van der Waals surface area contributed by atoms with Gasteiger partial charge in [0.25, 0.3) is 0 Å². The SMILES string of the molecule is CCc1ccccc1OCc1nnc2sc(N)nn12. The Hall–Kier alpha value is -2.15. The zero-order valence-corrected chi connectivity index (χ0v) is 11.2. The fourth-order valence-corrected chi connectivity index (χ4v) is 2.47. The first-order valence-electron chi connectivity index (χ1n) is 5.95. The number of aromatic nitrogens is 4. The number of nitrogens with two attached hydrogens (primary N) is 1. The molecule has 0 aliphatic carbocycles. The molecule has 0 spiro atoms. The summed E-state index contributed by atoms with van der Waals surface area (Å²) in [4.78, 5) is 0.680. The first kappa shape index (κ1) is 11.9. The minimum absolute atomic E-state index is 0.321. The predicted molar refractivity (Wildman–Crippen MR) is 73.2 cm³/mol. The van der Waals surface area contributed by atoms with E-state index < -0.39 is 0 Å². The van der Waals surface area contributed by atoms with E-state index in [0.29, 0.717) is 22.5 Å². The van der Waals surface area contributed by atoms with Crippen LogP contribution < -0.4 is 10.5 Å². The molecule has 0 radical (unpaired) electrons. The summed E-state index contributed by atoms with van der Waals surface area (Å²) < 4.78 is 7.41. The lowest BCUT2D eigenvalue weighted by Crippen LogP contribution is -2.03.